The number of anilines is 1. The van der Waals surface area contributed by atoms with Crippen molar-refractivity contribution in [1.82, 2.24) is 14.9 Å². The third kappa shape index (κ3) is 3.33. The van der Waals surface area contributed by atoms with Crippen LogP contribution < -0.4 is 10.6 Å². The fourth-order valence-corrected chi connectivity index (χ4v) is 3.10. The van der Waals surface area contributed by atoms with Crippen LogP contribution in [0.3, 0.4) is 0 Å². The molecule has 1 aromatic heterocycles. The Balaban J connectivity index is 2.04. The van der Waals surface area contributed by atoms with Gasteiger partial charge in [-0.15, -0.1) is 0 Å². The Morgan fingerprint density at radius 1 is 1.24 bits per heavy atom. The van der Waals surface area contributed by atoms with E-state index in [0.29, 0.717) is 19.1 Å². The van der Waals surface area contributed by atoms with Crippen LogP contribution in [-0.2, 0) is 4.74 Å². The summed E-state index contributed by atoms with van der Waals surface area (Å²) in [5.74, 6) is 1.26. The molecule has 1 atom stereocenters. The monoisotopic (exact) mass is 293 g/mol. The number of hydrogen-bond acceptors (Lipinski definition) is 6. The fourth-order valence-electron chi connectivity index (χ4n) is 3.10. The van der Waals surface area contributed by atoms with Crippen LogP contribution in [-0.4, -0.2) is 66.8 Å². The molecule has 118 valence electrons. The van der Waals surface area contributed by atoms with Crippen LogP contribution in [0.1, 0.15) is 13.8 Å². The molecule has 1 aliphatic rings. The molecule has 0 aliphatic carbocycles. The van der Waals surface area contributed by atoms with Gasteiger partial charge in [0.05, 0.1) is 12.1 Å². The van der Waals surface area contributed by atoms with Crippen molar-refractivity contribution in [3.05, 3.63) is 18.5 Å². The molecule has 6 heteroatoms. The lowest BCUT2D eigenvalue weighted by atomic mass is 9.84. The zero-order chi connectivity index (χ0) is 15.3. The van der Waals surface area contributed by atoms with Gasteiger partial charge >= 0.3 is 0 Å². The molecule has 0 radical (unpaired) electrons. The van der Waals surface area contributed by atoms with Crippen LogP contribution in [0.5, 0.6) is 0 Å². The van der Waals surface area contributed by atoms with E-state index < -0.39 is 0 Å². The Bertz CT molecular complexity index is 419. The highest BCUT2D eigenvalue weighted by molar-refractivity contribution is 5.29. The molecule has 1 saturated heterocycles. The van der Waals surface area contributed by atoms with Gasteiger partial charge in [0.25, 0.3) is 0 Å². The minimum absolute atomic E-state index is 0.0849. The fraction of sp³-hybridized carbons (Fsp3) is 0.733. The molecule has 0 saturated carbocycles. The summed E-state index contributed by atoms with van der Waals surface area (Å²) in [5.41, 5.74) is 6.03. The van der Waals surface area contributed by atoms with Crippen molar-refractivity contribution in [3.63, 3.8) is 0 Å². The second-order valence-corrected chi connectivity index (χ2v) is 5.92. The van der Waals surface area contributed by atoms with E-state index in [1.807, 2.05) is 6.07 Å². The number of ether oxygens (including phenoxy) is 1. The molecular weight excluding hydrogens is 266 g/mol. The molecule has 1 unspecified atom stereocenters. The number of hydrogen-bond donors (Lipinski definition) is 1. The number of rotatable bonds is 6. The maximum Gasteiger partial charge on any atom is 0.225 e. The second kappa shape index (κ2) is 7.15. The Labute approximate surface area is 127 Å². The molecule has 6 nitrogen and oxygen atoms in total. The highest BCUT2D eigenvalue weighted by Gasteiger charge is 2.40. The zero-order valence-electron chi connectivity index (χ0n) is 13.3. The first-order valence-electron chi connectivity index (χ1n) is 7.60. The maximum absolute atomic E-state index is 6.11. The van der Waals surface area contributed by atoms with Crippen LogP contribution in [0.2, 0.25) is 0 Å². The van der Waals surface area contributed by atoms with Crippen LogP contribution in [0, 0.1) is 5.92 Å². The van der Waals surface area contributed by atoms with Gasteiger partial charge in [-0.3, -0.25) is 4.90 Å². The van der Waals surface area contributed by atoms with Gasteiger partial charge in [-0.05, 0) is 12.0 Å². The predicted octanol–water partition coefficient (Wildman–Crippen LogP) is 0.599. The third-order valence-electron chi connectivity index (χ3n) is 4.57. The lowest BCUT2D eigenvalue weighted by molar-refractivity contribution is -0.0191. The molecule has 2 N–H and O–H groups in total. The second-order valence-electron chi connectivity index (χ2n) is 5.92. The number of nitrogens with two attached hydrogens (primary N) is 1. The van der Waals surface area contributed by atoms with Crippen molar-refractivity contribution in [2.75, 3.05) is 51.3 Å². The summed E-state index contributed by atoms with van der Waals surface area (Å²) >= 11 is 0. The van der Waals surface area contributed by atoms with Crippen LogP contribution in [0.4, 0.5) is 5.95 Å². The van der Waals surface area contributed by atoms with Gasteiger partial charge in [0.15, 0.2) is 0 Å². The molecule has 0 spiro atoms. The molecule has 2 rings (SSSR count). The van der Waals surface area contributed by atoms with Gasteiger partial charge in [0, 0.05) is 52.2 Å². The standard InChI is InChI=1S/C15H27N5O/c1-13(2)15(11-16,12-21-3)20-9-7-19(8-10-20)14-17-5-4-6-18-14/h4-6,13H,7-12,16H2,1-3H3. The maximum atomic E-state index is 6.11. The zero-order valence-corrected chi connectivity index (χ0v) is 13.3. The van der Waals surface area contributed by atoms with E-state index in [-0.39, 0.29) is 5.54 Å². The molecule has 0 amide bonds. The predicted molar refractivity (Wildman–Crippen MR) is 84.3 cm³/mol. The van der Waals surface area contributed by atoms with E-state index in [4.69, 9.17) is 10.5 Å². The summed E-state index contributed by atoms with van der Waals surface area (Å²) in [5, 5.41) is 0. The van der Waals surface area contributed by atoms with Gasteiger partial charge < -0.3 is 15.4 Å². The Kier molecular flexibility index (Phi) is 5.50. The molecule has 0 bridgehead atoms. The summed E-state index contributed by atoms with van der Waals surface area (Å²) < 4.78 is 5.46. The van der Waals surface area contributed by atoms with E-state index >= 15 is 0 Å². The number of aromatic nitrogens is 2. The van der Waals surface area contributed by atoms with Crippen molar-refractivity contribution in [2.45, 2.75) is 19.4 Å². The van der Waals surface area contributed by atoms with Gasteiger partial charge in [-0.25, -0.2) is 9.97 Å². The first-order chi connectivity index (χ1) is 10.1. The van der Waals surface area contributed by atoms with Crippen LogP contribution in [0.15, 0.2) is 18.5 Å². The average molecular weight is 293 g/mol. The summed E-state index contributed by atoms with van der Waals surface area (Å²) in [7, 11) is 1.75. The summed E-state index contributed by atoms with van der Waals surface area (Å²) in [6.45, 7) is 9.47. The van der Waals surface area contributed by atoms with Crippen molar-refractivity contribution in [3.8, 4) is 0 Å². The largest absolute Gasteiger partial charge is 0.383 e. The van der Waals surface area contributed by atoms with E-state index in [2.05, 4.69) is 33.6 Å². The van der Waals surface area contributed by atoms with Gasteiger partial charge in [0.1, 0.15) is 0 Å². The first-order valence-corrected chi connectivity index (χ1v) is 7.60. The van der Waals surface area contributed by atoms with Crippen molar-refractivity contribution < 1.29 is 4.74 Å². The minimum Gasteiger partial charge on any atom is -0.383 e. The molecule has 21 heavy (non-hydrogen) atoms. The van der Waals surface area contributed by atoms with E-state index in [1.165, 1.54) is 0 Å². The number of methoxy groups -OCH3 is 1. The minimum atomic E-state index is -0.0849. The quantitative estimate of drug-likeness (QED) is 0.828. The molecule has 1 aromatic rings. The summed E-state index contributed by atoms with van der Waals surface area (Å²) in [6.07, 6.45) is 3.58. The van der Waals surface area contributed by atoms with Crippen LogP contribution in [0.25, 0.3) is 0 Å². The lowest BCUT2D eigenvalue weighted by Gasteiger charge is -2.49. The van der Waals surface area contributed by atoms with Crippen LogP contribution >= 0.6 is 0 Å². The highest BCUT2D eigenvalue weighted by atomic mass is 16.5. The number of piperazine rings is 1. The molecule has 1 aliphatic heterocycles. The lowest BCUT2D eigenvalue weighted by Crippen LogP contribution is -2.65. The van der Waals surface area contributed by atoms with Crippen molar-refractivity contribution in [2.24, 2.45) is 11.7 Å². The SMILES string of the molecule is COCC(CN)(C(C)C)N1CCN(c2ncccn2)CC1. The Morgan fingerprint density at radius 2 is 1.86 bits per heavy atom. The smallest absolute Gasteiger partial charge is 0.225 e. The van der Waals surface area contributed by atoms with Gasteiger partial charge in [-0.1, -0.05) is 13.8 Å². The van der Waals surface area contributed by atoms with Crippen molar-refractivity contribution >= 4 is 5.95 Å². The summed E-state index contributed by atoms with van der Waals surface area (Å²) in [4.78, 5) is 13.4. The summed E-state index contributed by atoms with van der Waals surface area (Å²) in [6, 6.07) is 1.84. The third-order valence-corrected chi connectivity index (χ3v) is 4.57. The van der Waals surface area contributed by atoms with Gasteiger partial charge in [0.2, 0.25) is 5.95 Å². The van der Waals surface area contributed by atoms with E-state index in [0.717, 1.165) is 32.1 Å². The molecule has 0 aromatic carbocycles. The topological polar surface area (TPSA) is 67.5 Å². The normalized spacial score (nSPS) is 19.8. The van der Waals surface area contributed by atoms with Crippen molar-refractivity contribution in [1.29, 1.82) is 0 Å². The Hall–Kier alpha value is -1.24. The van der Waals surface area contributed by atoms with E-state index in [9.17, 15) is 0 Å². The molecular formula is C15H27N5O. The number of nitrogens with zero attached hydrogens (tertiary/aromatic N) is 4. The average Bonchev–Trinajstić information content (AvgIpc) is 2.53. The Morgan fingerprint density at radius 3 is 2.33 bits per heavy atom. The highest BCUT2D eigenvalue weighted by Crippen LogP contribution is 2.26. The molecule has 1 fully saturated rings. The van der Waals surface area contributed by atoms with Gasteiger partial charge in [-0.2, -0.15) is 0 Å². The molecule has 2 heterocycles. The first kappa shape index (κ1) is 16.1. The van der Waals surface area contributed by atoms with E-state index in [1.54, 1.807) is 19.5 Å².